The van der Waals surface area contributed by atoms with Crippen LogP contribution < -0.4 is 10.3 Å². The van der Waals surface area contributed by atoms with Gasteiger partial charge in [0.15, 0.2) is 5.16 Å². The van der Waals surface area contributed by atoms with E-state index in [1.54, 1.807) is 23.4 Å². The van der Waals surface area contributed by atoms with Crippen molar-refractivity contribution in [3.05, 3.63) is 58.4 Å². The molecular formula is C21H22N2O3S. The predicted molar refractivity (Wildman–Crippen MR) is 108 cm³/mol. The van der Waals surface area contributed by atoms with Crippen LogP contribution in [0.3, 0.4) is 0 Å². The summed E-state index contributed by atoms with van der Waals surface area (Å²) in [5.41, 5.74) is 2.40. The molecule has 27 heavy (non-hydrogen) atoms. The highest BCUT2D eigenvalue weighted by molar-refractivity contribution is 7.99. The Hall–Kier alpha value is -2.31. The van der Waals surface area contributed by atoms with Crippen molar-refractivity contribution in [3.8, 4) is 11.4 Å². The van der Waals surface area contributed by atoms with Gasteiger partial charge in [-0.3, -0.25) is 9.36 Å². The Balaban J connectivity index is 1.88. The summed E-state index contributed by atoms with van der Waals surface area (Å²) in [7, 11) is 1.62. The first-order valence-corrected chi connectivity index (χ1v) is 10.1. The number of fused-ring (bicyclic) bond motifs is 1. The Kier molecular flexibility index (Phi) is 5.18. The lowest BCUT2D eigenvalue weighted by Gasteiger charge is -2.17. The number of rotatable bonds is 5. The molecule has 140 valence electrons. The third-order valence-electron chi connectivity index (χ3n) is 4.74. The molecule has 0 N–H and O–H groups in total. The number of ether oxygens (including phenoxy) is 2. The van der Waals surface area contributed by atoms with E-state index in [1.807, 2.05) is 49.4 Å². The van der Waals surface area contributed by atoms with Gasteiger partial charge in [0, 0.05) is 12.4 Å². The van der Waals surface area contributed by atoms with Crippen LogP contribution >= 0.6 is 11.8 Å². The Morgan fingerprint density at radius 1 is 1.30 bits per heavy atom. The molecule has 1 aliphatic heterocycles. The van der Waals surface area contributed by atoms with Crippen molar-refractivity contribution in [1.82, 2.24) is 9.55 Å². The second-order valence-electron chi connectivity index (χ2n) is 6.67. The molecule has 6 heteroatoms. The second-order valence-corrected chi connectivity index (χ2v) is 7.66. The van der Waals surface area contributed by atoms with Crippen molar-refractivity contribution >= 4 is 22.7 Å². The smallest absolute Gasteiger partial charge is 0.266 e. The number of hydrogen-bond acceptors (Lipinski definition) is 5. The molecular weight excluding hydrogens is 360 g/mol. The average Bonchev–Trinajstić information content (AvgIpc) is 3.20. The van der Waals surface area contributed by atoms with Gasteiger partial charge in [-0.1, -0.05) is 30.0 Å². The summed E-state index contributed by atoms with van der Waals surface area (Å²) in [5.74, 6) is 1.43. The molecule has 0 aliphatic carbocycles. The lowest BCUT2D eigenvalue weighted by atomic mass is 10.2. The molecule has 4 rings (SSSR count). The van der Waals surface area contributed by atoms with E-state index in [9.17, 15) is 4.79 Å². The Labute approximate surface area is 162 Å². The van der Waals surface area contributed by atoms with Gasteiger partial charge in [0.2, 0.25) is 0 Å². The molecule has 0 bridgehead atoms. The van der Waals surface area contributed by atoms with Gasteiger partial charge in [-0.2, -0.15) is 0 Å². The van der Waals surface area contributed by atoms with Gasteiger partial charge in [-0.05, 0) is 49.6 Å². The number of para-hydroxylation sites is 1. The minimum atomic E-state index is -0.0839. The van der Waals surface area contributed by atoms with Gasteiger partial charge in [0.25, 0.3) is 5.56 Å². The molecule has 0 spiro atoms. The number of thioether (sulfide) groups is 1. The Morgan fingerprint density at radius 3 is 2.93 bits per heavy atom. The number of benzene rings is 2. The van der Waals surface area contributed by atoms with E-state index in [0.717, 1.165) is 36.5 Å². The molecule has 5 nitrogen and oxygen atoms in total. The van der Waals surface area contributed by atoms with Gasteiger partial charge in [0.1, 0.15) is 5.75 Å². The predicted octanol–water partition coefficient (Wildman–Crippen LogP) is 3.97. The van der Waals surface area contributed by atoms with E-state index in [0.29, 0.717) is 21.8 Å². The summed E-state index contributed by atoms with van der Waals surface area (Å²) >= 11 is 1.56. The lowest BCUT2D eigenvalue weighted by Crippen LogP contribution is -2.23. The highest BCUT2D eigenvalue weighted by atomic mass is 32.2. The van der Waals surface area contributed by atoms with Crippen LogP contribution in [0.4, 0.5) is 0 Å². The highest BCUT2D eigenvalue weighted by Crippen LogP contribution is 2.29. The molecule has 2 heterocycles. The largest absolute Gasteiger partial charge is 0.495 e. The maximum Gasteiger partial charge on any atom is 0.266 e. The quantitative estimate of drug-likeness (QED) is 0.494. The summed E-state index contributed by atoms with van der Waals surface area (Å²) in [6.45, 7) is 2.82. The molecule has 0 saturated carbocycles. The van der Waals surface area contributed by atoms with Crippen molar-refractivity contribution in [2.24, 2.45) is 0 Å². The van der Waals surface area contributed by atoms with Crippen molar-refractivity contribution in [2.75, 3.05) is 19.5 Å². The molecule has 0 unspecified atom stereocenters. The maximum absolute atomic E-state index is 13.3. The number of aryl methyl sites for hydroxylation is 1. The van der Waals surface area contributed by atoms with Crippen LogP contribution in [0, 0.1) is 6.92 Å². The first-order chi connectivity index (χ1) is 13.2. The fourth-order valence-corrected chi connectivity index (χ4v) is 4.41. The van der Waals surface area contributed by atoms with Crippen molar-refractivity contribution in [3.63, 3.8) is 0 Å². The SMILES string of the molecule is COc1ccc(C)cc1-n1c(SC[C@H]2CCCO2)nc2ccccc2c1=O. The van der Waals surface area contributed by atoms with Crippen LogP contribution in [0.1, 0.15) is 18.4 Å². The number of methoxy groups -OCH3 is 1. The normalized spacial score (nSPS) is 16.7. The Bertz CT molecular complexity index is 1030. The van der Waals surface area contributed by atoms with Crippen molar-refractivity contribution in [1.29, 1.82) is 0 Å². The number of aromatic nitrogens is 2. The first-order valence-electron chi connectivity index (χ1n) is 9.08. The van der Waals surface area contributed by atoms with Crippen LogP contribution in [0.2, 0.25) is 0 Å². The molecule has 1 fully saturated rings. The monoisotopic (exact) mass is 382 g/mol. The molecule has 1 atom stereocenters. The lowest BCUT2D eigenvalue weighted by molar-refractivity contribution is 0.129. The fraction of sp³-hybridized carbons (Fsp3) is 0.333. The molecule has 2 aromatic carbocycles. The summed E-state index contributed by atoms with van der Waals surface area (Å²) < 4.78 is 12.9. The zero-order valence-corrected chi connectivity index (χ0v) is 16.3. The van der Waals surface area contributed by atoms with E-state index in [2.05, 4.69) is 0 Å². The molecule has 1 aliphatic rings. The minimum Gasteiger partial charge on any atom is -0.495 e. The second kappa shape index (κ2) is 7.74. The zero-order valence-electron chi connectivity index (χ0n) is 15.5. The van der Waals surface area contributed by atoms with E-state index in [4.69, 9.17) is 14.5 Å². The number of hydrogen-bond donors (Lipinski definition) is 0. The van der Waals surface area contributed by atoms with Gasteiger partial charge < -0.3 is 9.47 Å². The van der Waals surface area contributed by atoms with Crippen molar-refractivity contribution in [2.45, 2.75) is 31.0 Å². The van der Waals surface area contributed by atoms with Gasteiger partial charge in [-0.15, -0.1) is 0 Å². The van der Waals surface area contributed by atoms with Crippen LogP contribution in [-0.2, 0) is 4.74 Å². The van der Waals surface area contributed by atoms with Gasteiger partial charge in [-0.25, -0.2) is 4.98 Å². The third kappa shape index (κ3) is 3.59. The molecule has 1 aromatic heterocycles. The summed E-state index contributed by atoms with van der Waals surface area (Å²) in [4.78, 5) is 18.1. The summed E-state index contributed by atoms with van der Waals surface area (Å²) in [6.07, 6.45) is 2.36. The van der Waals surface area contributed by atoms with E-state index in [-0.39, 0.29) is 11.7 Å². The molecule has 0 amide bonds. The van der Waals surface area contributed by atoms with Gasteiger partial charge in [0.05, 0.1) is 29.8 Å². The van der Waals surface area contributed by atoms with Crippen LogP contribution in [0.15, 0.2) is 52.4 Å². The Morgan fingerprint density at radius 2 is 2.15 bits per heavy atom. The third-order valence-corrected chi connectivity index (χ3v) is 5.81. The van der Waals surface area contributed by atoms with E-state index in [1.165, 1.54) is 0 Å². The van der Waals surface area contributed by atoms with Crippen molar-refractivity contribution < 1.29 is 9.47 Å². The zero-order chi connectivity index (χ0) is 18.8. The number of nitrogens with zero attached hydrogens (tertiary/aromatic N) is 2. The fourth-order valence-electron chi connectivity index (χ4n) is 3.34. The van der Waals surface area contributed by atoms with E-state index < -0.39 is 0 Å². The van der Waals surface area contributed by atoms with Gasteiger partial charge >= 0.3 is 0 Å². The molecule has 1 saturated heterocycles. The van der Waals surface area contributed by atoms with Crippen LogP contribution in [-0.4, -0.2) is 35.1 Å². The molecule has 3 aromatic rings. The summed E-state index contributed by atoms with van der Waals surface area (Å²) in [5, 5.41) is 1.26. The highest BCUT2D eigenvalue weighted by Gasteiger charge is 2.20. The van der Waals surface area contributed by atoms with E-state index >= 15 is 0 Å². The standard InChI is InChI=1S/C21H22N2O3S/c1-14-9-10-19(25-2)18(12-14)23-20(24)16-7-3-4-8-17(16)22-21(23)27-13-15-6-5-11-26-15/h3-4,7-10,12,15H,5-6,11,13H2,1-2H3/t15-/m1/s1. The summed E-state index contributed by atoms with van der Waals surface area (Å²) in [6, 6.07) is 13.3. The average molecular weight is 382 g/mol. The van der Waals surface area contributed by atoms with Crippen LogP contribution in [0.5, 0.6) is 5.75 Å². The first kappa shape index (κ1) is 18.1. The topological polar surface area (TPSA) is 53.4 Å². The van der Waals surface area contributed by atoms with Crippen LogP contribution in [0.25, 0.3) is 16.6 Å². The minimum absolute atomic E-state index is 0.0839. The maximum atomic E-state index is 13.3. The molecule has 0 radical (unpaired) electrons.